The van der Waals surface area contributed by atoms with Crippen molar-refractivity contribution in [3.05, 3.63) is 89.5 Å². The number of aryl methyl sites for hydroxylation is 1. The van der Waals surface area contributed by atoms with Crippen molar-refractivity contribution in [3.63, 3.8) is 0 Å². The SMILES string of the molecule is COc1cc(/C=C/C(=O)Nc2ccc(C)cc2OCc2ccccc2)ccc1OCC#N. The molecule has 0 heterocycles. The van der Waals surface area contributed by atoms with Gasteiger partial charge in [0, 0.05) is 6.08 Å². The maximum absolute atomic E-state index is 12.5. The van der Waals surface area contributed by atoms with Crippen LogP contribution < -0.4 is 19.5 Å². The lowest BCUT2D eigenvalue weighted by molar-refractivity contribution is -0.111. The zero-order valence-electron chi connectivity index (χ0n) is 18.0. The van der Waals surface area contributed by atoms with E-state index in [1.165, 1.54) is 13.2 Å². The molecule has 0 aliphatic rings. The van der Waals surface area contributed by atoms with Crippen LogP contribution >= 0.6 is 0 Å². The minimum atomic E-state index is -0.290. The van der Waals surface area contributed by atoms with Crippen LogP contribution in [0.5, 0.6) is 17.2 Å². The maximum atomic E-state index is 12.5. The zero-order valence-corrected chi connectivity index (χ0v) is 18.0. The van der Waals surface area contributed by atoms with E-state index in [0.29, 0.717) is 29.5 Å². The van der Waals surface area contributed by atoms with Gasteiger partial charge in [-0.25, -0.2) is 0 Å². The Morgan fingerprint density at radius 1 is 1.00 bits per heavy atom. The van der Waals surface area contributed by atoms with Crippen molar-refractivity contribution in [2.45, 2.75) is 13.5 Å². The number of carbonyl (C=O) groups excluding carboxylic acids is 1. The van der Waals surface area contributed by atoms with Gasteiger partial charge in [0.05, 0.1) is 12.8 Å². The van der Waals surface area contributed by atoms with Gasteiger partial charge in [-0.15, -0.1) is 0 Å². The summed E-state index contributed by atoms with van der Waals surface area (Å²) >= 11 is 0. The Balaban J connectivity index is 1.68. The van der Waals surface area contributed by atoms with Crippen LogP contribution in [0.1, 0.15) is 16.7 Å². The molecular formula is C26H24N2O4. The third kappa shape index (κ3) is 6.38. The van der Waals surface area contributed by atoms with Gasteiger partial charge in [0.1, 0.15) is 18.4 Å². The summed E-state index contributed by atoms with van der Waals surface area (Å²) < 4.78 is 16.6. The van der Waals surface area contributed by atoms with E-state index in [9.17, 15) is 4.79 Å². The first-order valence-electron chi connectivity index (χ1n) is 10.0. The van der Waals surface area contributed by atoms with Crippen LogP contribution in [0.4, 0.5) is 5.69 Å². The number of anilines is 1. The molecule has 0 aliphatic carbocycles. The quantitative estimate of drug-likeness (QED) is 0.478. The summed E-state index contributed by atoms with van der Waals surface area (Å²) in [4.78, 5) is 12.5. The van der Waals surface area contributed by atoms with Crippen molar-refractivity contribution < 1.29 is 19.0 Å². The molecule has 3 aromatic carbocycles. The van der Waals surface area contributed by atoms with E-state index in [2.05, 4.69) is 5.32 Å². The molecule has 0 unspecified atom stereocenters. The van der Waals surface area contributed by atoms with Gasteiger partial charge in [-0.3, -0.25) is 4.79 Å². The second-order valence-electron chi connectivity index (χ2n) is 6.95. The molecule has 32 heavy (non-hydrogen) atoms. The molecule has 0 fully saturated rings. The van der Waals surface area contributed by atoms with Crippen LogP contribution in [0, 0.1) is 18.3 Å². The number of carbonyl (C=O) groups is 1. The van der Waals surface area contributed by atoms with Crippen molar-refractivity contribution in [1.29, 1.82) is 5.26 Å². The predicted molar refractivity (Wildman–Crippen MR) is 124 cm³/mol. The molecule has 0 radical (unpaired) electrons. The number of rotatable bonds is 9. The molecule has 0 saturated heterocycles. The molecule has 0 atom stereocenters. The highest BCUT2D eigenvalue weighted by atomic mass is 16.5. The van der Waals surface area contributed by atoms with Gasteiger partial charge in [0.2, 0.25) is 5.91 Å². The smallest absolute Gasteiger partial charge is 0.248 e. The second-order valence-corrected chi connectivity index (χ2v) is 6.95. The summed E-state index contributed by atoms with van der Waals surface area (Å²) in [5, 5.41) is 11.5. The van der Waals surface area contributed by atoms with Crippen LogP contribution in [0.25, 0.3) is 6.08 Å². The lowest BCUT2D eigenvalue weighted by Gasteiger charge is -2.13. The van der Waals surface area contributed by atoms with Gasteiger partial charge in [0.15, 0.2) is 18.1 Å². The number of hydrogen-bond acceptors (Lipinski definition) is 5. The van der Waals surface area contributed by atoms with Gasteiger partial charge < -0.3 is 19.5 Å². The highest BCUT2D eigenvalue weighted by Gasteiger charge is 2.08. The van der Waals surface area contributed by atoms with Crippen LogP contribution in [-0.4, -0.2) is 19.6 Å². The van der Waals surface area contributed by atoms with Crippen LogP contribution in [0.15, 0.2) is 72.8 Å². The first-order chi connectivity index (χ1) is 15.6. The van der Waals surface area contributed by atoms with E-state index < -0.39 is 0 Å². The highest BCUT2D eigenvalue weighted by Crippen LogP contribution is 2.29. The molecule has 1 N–H and O–H groups in total. The second kappa shape index (κ2) is 11.2. The number of amides is 1. The van der Waals surface area contributed by atoms with E-state index in [-0.39, 0.29) is 12.5 Å². The van der Waals surface area contributed by atoms with Crippen molar-refractivity contribution in [1.82, 2.24) is 0 Å². The third-order valence-corrected chi connectivity index (χ3v) is 4.54. The summed E-state index contributed by atoms with van der Waals surface area (Å²) in [5.41, 5.74) is 3.43. The summed E-state index contributed by atoms with van der Waals surface area (Å²) in [6.45, 7) is 2.31. The monoisotopic (exact) mass is 428 g/mol. The Bertz CT molecular complexity index is 1130. The molecule has 0 spiro atoms. The van der Waals surface area contributed by atoms with E-state index >= 15 is 0 Å². The van der Waals surface area contributed by atoms with Crippen molar-refractivity contribution in [2.75, 3.05) is 19.0 Å². The van der Waals surface area contributed by atoms with Gasteiger partial charge in [-0.05, 0) is 54.0 Å². The average Bonchev–Trinajstić information content (AvgIpc) is 2.82. The summed E-state index contributed by atoms with van der Waals surface area (Å²) in [7, 11) is 1.52. The molecule has 3 aromatic rings. The van der Waals surface area contributed by atoms with Gasteiger partial charge in [0.25, 0.3) is 0 Å². The molecular weight excluding hydrogens is 404 g/mol. The summed E-state index contributed by atoms with van der Waals surface area (Å²) in [5.74, 6) is 1.27. The Labute approximate surface area is 187 Å². The Kier molecular flexibility index (Phi) is 7.88. The maximum Gasteiger partial charge on any atom is 0.248 e. The van der Waals surface area contributed by atoms with Gasteiger partial charge >= 0.3 is 0 Å². The molecule has 3 rings (SSSR count). The number of nitrogens with zero attached hydrogens (tertiary/aromatic N) is 1. The zero-order chi connectivity index (χ0) is 22.8. The molecule has 1 amide bonds. The van der Waals surface area contributed by atoms with Crippen LogP contribution in [0.3, 0.4) is 0 Å². The van der Waals surface area contributed by atoms with E-state index in [1.807, 2.05) is 61.5 Å². The molecule has 0 bridgehead atoms. The molecule has 0 aliphatic heterocycles. The van der Waals surface area contributed by atoms with Gasteiger partial charge in [-0.2, -0.15) is 5.26 Å². The van der Waals surface area contributed by atoms with E-state index in [0.717, 1.165) is 16.7 Å². The van der Waals surface area contributed by atoms with Gasteiger partial charge in [-0.1, -0.05) is 42.5 Å². The fraction of sp³-hybridized carbons (Fsp3) is 0.154. The minimum Gasteiger partial charge on any atom is -0.493 e. The Morgan fingerprint density at radius 3 is 2.56 bits per heavy atom. The number of nitriles is 1. The van der Waals surface area contributed by atoms with Crippen molar-refractivity contribution in [2.24, 2.45) is 0 Å². The largest absolute Gasteiger partial charge is 0.493 e. The fourth-order valence-corrected chi connectivity index (χ4v) is 2.95. The average molecular weight is 428 g/mol. The number of hydrogen-bond donors (Lipinski definition) is 1. The van der Waals surface area contributed by atoms with Crippen molar-refractivity contribution in [3.8, 4) is 23.3 Å². The first-order valence-corrected chi connectivity index (χ1v) is 10.0. The van der Waals surface area contributed by atoms with Crippen molar-refractivity contribution >= 4 is 17.7 Å². The first kappa shape index (κ1) is 22.4. The standard InChI is InChI=1S/C26H24N2O4/c1-19-8-11-22(24(16-19)32-18-21-6-4-3-5-7-21)28-26(29)13-10-20-9-12-23(31-15-14-27)25(17-20)30-2/h3-13,16-17H,15,18H2,1-2H3,(H,28,29)/b13-10+. The third-order valence-electron chi connectivity index (χ3n) is 4.54. The molecule has 6 nitrogen and oxygen atoms in total. The molecule has 162 valence electrons. The molecule has 0 saturated carbocycles. The number of ether oxygens (including phenoxy) is 3. The minimum absolute atomic E-state index is 0.0703. The lowest BCUT2D eigenvalue weighted by atomic mass is 10.1. The fourth-order valence-electron chi connectivity index (χ4n) is 2.95. The Hall–Kier alpha value is -4.24. The van der Waals surface area contributed by atoms with Crippen LogP contribution in [-0.2, 0) is 11.4 Å². The Morgan fingerprint density at radius 2 is 1.81 bits per heavy atom. The highest BCUT2D eigenvalue weighted by molar-refractivity contribution is 6.02. The number of methoxy groups -OCH3 is 1. The predicted octanol–water partition coefficient (Wildman–Crippen LogP) is 5.14. The molecule has 6 heteroatoms. The van der Waals surface area contributed by atoms with E-state index in [4.69, 9.17) is 19.5 Å². The number of benzene rings is 3. The van der Waals surface area contributed by atoms with Crippen LogP contribution in [0.2, 0.25) is 0 Å². The summed E-state index contributed by atoms with van der Waals surface area (Å²) in [6, 6.07) is 22.6. The van der Waals surface area contributed by atoms with E-state index in [1.54, 1.807) is 24.3 Å². The normalized spacial score (nSPS) is 10.4. The molecule has 0 aromatic heterocycles. The number of nitrogens with one attached hydrogen (secondary N) is 1. The summed E-state index contributed by atoms with van der Waals surface area (Å²) in [6.07, 6.45) is 3.11. The topological polar surface area (TPSA) is 80.6 Å². The lowest BCUT2D eigenvalue weighted by Crippen LogP contribution is -2.09.